The van der Waals surface area contributed by atoms with Crippen LogP contribution in [0.4, 0.5) is 5.95 Å². The summed E-state index contributed by atoms with van der Waals surface area (Å²) in [4.78, 5) is 48.0. The summed E-state index contributed by atoms with van der Waals surface area (Å²) in [5.41, 5.74) is -0.179. The molecule has 0 bridgehead atoms. The molecule has 2 aromatic carbocycles. The summed E-state index contributed by atoms with van der Waals surface area (Å²) in [6.07, 6.45) is 0.634. The molecule has 5 aromatic rings. The standard InChI is InChI=1S/C38H47N6O9PSi/c1-25(2)35(45)41-37-40-34-33(36(46)42-37)39-24-43(34)32-22-31(30(52-32)18-20-54(48,49)51-23-26-21-27(50-6)17-19-44(26)47)53-55(38(3,4)5,28-13-9-7-10-14-28)29-15-11-8-12-16-29/h7-17,19,21,24-25,30-32H,18,20,22-23H2,1-6H3,(H,48,49)(H2,40,41,42,45,46)/t30-,31+,32-/m1/s1. The zero-order valence-electron chi connectivity index (χ0n) is 31.7. The number of benzene rings is 2. The summed E-state index contributed by atoms with van der Waals surface area (Å²) >= 11 is 0. The lowest BCUT2D eigenvalue weighted by molar-refractivity contribution is -0.616. The Balaban J connectivity index is 1.36. The Bertz CT molecular complexity index is 2190. The van der Waals surface area contributed by atoms with Gasteiger partial charge in [-0.2, -0.15) is 9.71 Å². The number of pyridine rings is 1. The fourth-order valence-electron chi connectivity index (χ4n) is 6.89. The zero-order valence-corrected chi connectivity index (χ0v) is 33.6. The van der Waals surface area contributed by atoms with Crippen molar-refractivity contribution in [2.75, 3.05) is 18.6 Å². The van der Waals surface area contributed by atoms with Gasteiger partial charge < -0.3 is 24.0 Å². The molecule has 0 saturated carbocycles. The fraction of sp³-hybridized carbons (Fsp3) is 0.395. The van der Waals surface area contributed by atoms with E-state index in [2.05, 4.69) is 65.3 Å². The number of imidazole rings is 1. The van der Waals surface area contributed by atoms with Crippen LogP contribution in [-0.2, 0) is 29.7 Å². The Morgan fingerprint density at radius 1 is 1.15 bits per heavy atom. The fourth-order valence-corrected chi connectivity index (χ4v) is 12.7. The van der Waals surface area contributed by atoms with Crippen LogP contribution in [0.2, 0.25) is 5.04 Å². The van der Waals surface area contributed by atoms with Gasteiger partial charge in [0.15, 0.2) is 17.4 Å². The van der Waals surface area contributed by atoms with Crippen LogP contribution >= 0.6 is 7.60 Å². The van der Waals surface area contributed by atoms with Gasteiger partial charge in [-0.05, 0) is 21.8 Å². The lowest BCUT2D eigenvalue weighted by Crippen LogP contribution is -2.68. The van der Waals surface area contributed by atoms with Crippen molar-refractivity contribution in [1.29, 1.82) is 0 Å². The monoisotopic (exact) mass is 790 g/mol. The summed E-state index contributed by atoms with van der Waals surface area (Å²) in [5, 5.41) is 16.7. The van der Waals surface area contributed by atoms with Crippen LogP contribution < -0.4 is 30.7 Å². The van der Waals surface area contributed by atoms with E-state index in [4.69, 9.17) is 18.4 Å². The first-order valence-corrected chi connectivity index (χ1v) is 21.7. The van der Waals surface area contributed by atoms with Crippen LogP contribution in [0, 0.1) is 11.1 Å². The van der Waals surface area contributed by atoms with E-state index in [1.807, 2.05) is 36.4 Å². The number of hydrogen-bond donors (Lipinski definition) is 3. The number of aromatic amines is 1. The Hall–Kier alpha value is -4.70. The lowest BCUT2D eigenvalue weighted by atomic mass is 10.1. The first kappa shape index (κ1) is 40.0. The highest BCUT2D eigenvalue weighted by molar-refractivity contribution is 7.52. The number of carbonyl (C=O) groups excluding carboxylic acids is 1. The number of H-pyrrole nitrogens is 1. The van der Waals surface area contributed by atoms with Crippen molar-refractivity contribution >= 4 is 49.3 Å². The van der Waals surface area contributed by atoms with Gasteiger partial charge in [0.25, 0.3) is 13.9 Å². The SMILES string of the molecule is COc1cc[n+]([O-])c(COP(=O)(O)CC[C@H]2O[C@@H](n3cnc4c(=O)[nH]c(NC(=O)C(C)C)nc43)C[C@@H]2O[Si](c2ccccc2)(c2ccccc2)C(C)(C)C)c1. The van der Waals surface area contributed by atoms with Crippen molar-refractivity contribution in [3.05, 3.63) is 107 Å². The minimum atomic E-state index is -4.27. The molecule has 1 fully saturated rings. The second-order valence-electron chi connectivity index (χ2n) is 14.9. The lowest BCUT2D eigenvalue weighted by Gasteiger charge is -2.45. The third-order valence-corrected chi connectivity index (χ3v) is 16.2. The van der Waals surface area contributed by atoms with E-state index in [9.17, 15) is 24.3 Å². The molecule has 15 nitrogen and oxygen atoms in total. The molecular weight excluding hydrogens is 744 g/mol. The number of hydrogen-bond acceptors (Lipinski definition) is 10. The number of carbonyl (C=O) groups is 1. The van der Waals surface area contributed by atoms with Crippen LogP contribution in [0.15, 0.2) is 90.1 Å². The van der Waals surface area contributed by atoms with Gasteiger partial charge in [-0.3, -0.25) is 33.5 Å². The Morgan fingerprint density at radius 3 is 2.40 bits per heavy atom. The van der Waals surface area contributed by atoms with Crippen LogP contribution in [-0.4, -0.2) is 64.1 Å². The van der Waals surface area contributed by atoms with Crippen LogP contribution in [0.3, 0.4) is 0 Å². The van der Waals surface area contributed by atoms with Gasteiger partial charge in [0.1, 0.15) is 18.6 Å². The number of fused-ring (bicyclic) bond motifs is 1. The maximum absolute atomic E-state index is 13.5. The molecule has 4 atom stereocenters. The van der Waals surface area contributed by atoms with Crippen molar-refractivity contribution in [3.63, 3.8) is 0 Å². The summed E-state index contributed by atoms with van der Waals surface area (Å²) in [7, 11) is -5.97. The Labute approximate surface area is 319 Å². The van der Waals surface area contributed by atoms with Crippen LogP contribution in [0.1, 0.15) is 59.4 Å². The molecule has 1 aliphatic rings. The van der Waals surface area contributed by atoms with Crippen LogP contribution in [0.25, 0.3) is 11.2 Å². The maximum atomic E-state index is 13.5. The molecule has 17 heteroatoms. The quantitative estimate of drug-likeness (QED) is 0.0626. The van der Waals surface area contributed by atoms with Crippen molar-refractivity contribution in [2.24, 2.45) is 5.92 Å². The predicted molar refractivity (Wildman–Crippen MR) is 209 cm³/mol. The molecule has 0 radical (unpaired) electrons. The summed E-state index contributed by atoms with van der Waals surface area (Å²) in [5.74, 6) is -0.296. The van der Waals surface area contributed by atoms with E-state index >= 15 is 0 Å². The normalized spacial score (nSPS) is 18.7. The third kappa shape index (κ3) is 8.59. The second-order valence-corrected chi connectivity index (χ2v) is 21.1. The molecule has 1 aliphatic heterocycles. The summed E-state index contributed by atoms with van der Waals surface area (Å²) in [6, 6.07) is 23.1. The number of ether oxygens (including phenoxy) is 2. The van der Waals surface area contributed by atoms with Gasteiger partial charge in [-0.1, -0.05) is 95.3 Å². The smallest absolute Gasteiger partial charge is 0.328 e. The first-order chi connectivity index (χ1) is 26.1. The number of methoxy groups -OCH3 is 1. The summed E-state index contributed by atoms with van der Waals surface area (Å²) < 4.78 is 40.5. The molecule has 55 heavy (non-hydrogen) atoms. The number of aromatic nitrogens is 5. The predicted octanol–water partition coefficient (Wildman–Crippen LogP) is 4.38. The number of nitrogens with one attached hydrogen (secondary N) is 2. The Morgan fingerprint density at radius 2 is 1.80 bits per heavy atom. The van der Waals surface area contributed by atoms with Crippen molar-refractivity contribution in [1.82, 2.24) is 19.5 Å². The van der Waals surface area contributed by atoms with Gasteiger partial charge in [-0.25, -0.2) is 4.98 Å². The molecule has 1 amide bonds. The van der Waals surface area contributed by atoms with Gasteiger partial charge in [-0.15, -0.1) is 0 Å². The van der Waals surface area contributed by atoms with E-state index in [0.717, 1.165) is 10.4 Å². The highest BCUT2D eigenvalue weighted by atomic mass is 31.2. The molecule has 3 N–H and O–H groups in total. The molecule has 3 aromatic heterocycles. The highest BCUT2D eigenvalue weighted by Gasteiger charge is 2.54. The molecule has 1 unspecified atom stereocenters. The second kappa shape index (κ2) is 16.2. The average Bonchev–Trinajstić information content (AvgIpc) is 3.77. The highest BCUT2D eigenvalue weighted by Crippen LogP contribution is 2.47. The van der Waals surface area contributed by atoms with Crippen molar-refractivity contribution < 1.29 is 37.4 Å². The van der Waals surface area contributed by atoms with Gasteiger partial charge >= 0.3 is 7.60 Å². The van der Waals surface area contributed by atoms with Gasteiger partial charge in [0.2, 0.25) is 17.5 Å². The minimum Gasteiger partial charge on any atom is -0.618 e. The number of nitrogens with zero attached hydrogens (tertiary/aromatic N) is 4. The topological polar surface area (TPSA) is 194 Å². The summed E-state index contributed by atoms with van der Waals surface area (Å²) in [6.45, 7) is 9.51. The number of anilines is 1. The zero-order chi connectivity index (χ0) is 39.5. The van der Waals surface area contributed by atoms with E-state index in [1.165, 1.54) is 31.8 Å². The number of amides is 1. The van der Waals surface area contributed by atoms with E-state index in [0.29, 0.717) is 10.5 Å². The van der Waals surface area contributed by atoms with E-state index < -0.39 is 51.6 Å². The average molecular weight is 791 g/mol. The third-order valence-electron chi connectivity index (χ3n) is 9.75. The van der Waals surface area contributed by atoms with Crippen LogP contribution in [0.5, 0.6) is 5.75 Å². The minimum absolute atomic E-state index is 0.0265. The molecular formula is C38H47N6O9PSi. The van der Waals surface area contributed by atoms with E-state index in [1.54, 1.807) is 18.4 Å². The van der Waals surface area contributed by atoms with E-state index in [-0.39, 0.29) is 53.6 Å². The van der Waals surface area contributed by atoms with Gasteiger partial charge in [0.05, 0.1) is 37.9 Å². The molecule has 4 heterocycles. The molecule has 1 saturated heterocycles. The molecule has 6 rings (SSSR count). The van der Waals surface area contributed by atoms with Gasteiger partial charge in [0, 0.05) is 18.4 Å². The molecule has 0 aliphatic carbocycles. The number of rotatable bonds is 14. The molecule has 0 spiro atoms. The van der Waals surface area contributed by atoms with Crippen molar-refractivity contribution in [3.8, 4) is 5.75 Å². The van der Waals surface area contributed by atoms with Crippen molar-refractivity contribution in [2.45, 2.75) is 77.5 Å². The largest absolute Gasteiger partial charge is 0.618 e. The first-order valence-electron chi connectivity index (χ1n) is 18.1. The maximum Gasteiger partial charge on any atom is 0.328 e. The Kier molecular flexibility index (Phi) is 11.8. The molecule has 292 valence electrons.